The third-order valence-electron chi connectivity index (χ3n) is 4.60. The van der Waals surface area contributed by atoms with Gasteiger partial charge in [-0.3, -0.25) is 4.79 Å². The number of carbonyl (C=O) groups excluding carboxylic acids is 2. The molecular weight excluding hydrogens is 451 g/mol. The zero-order chi connectivity index (χ0) is 21.7. The Morgan fingerprint density at radius 3 is 2.17 bits per heavy atom. The summed E-state index contributed by atoms with van der Waals surface area (Å²) in [5.74, 6) is -1.36. The SMILES string of the molecule is O=C(COC(=O)c1ccc(S(=O)(=O)N2CCCCC2)cc1)Nc1c(Cl)cccc1Cl. The van der Waals surface area contributed by atoms with E-state index in [-0.39, 0.29) is 26.2 Å². The molecule has 0 bridgehead atoms. The fourth-order valence-electron chi connectivity index (χ4n) is 3.02. The third kappa shape index (κ3) is 5.31. The van der Waals surface area contributed by atoms with Gasteiger partial charge in [-0.25, -0.2) is 13.2 Å². The van der Waals surface area contributed by atoms with Crippen molar-refractivity contribution in [3.8, 4) is 0 Å². The molecule has 0 aromatic heterocycles. The Morgan fingerprint density at radius 1 is 0.967 bits per heavy atom. The van der Waals surface area contributed by atoms with Crippen LogP contribution in [0, 0.1) is 0 Å². The molecule has 30 heavy (non-hydrogen) atoms. The van der Waals surface area contributed by atoms with E-state index in [2.05, 4.69) is 5.32 Å². The number of rotatable bonds is 6. The van der Waals surface area contributed by atoms with Crippen molar-refractivity contribution >= 4 is 50.8 Å². The molecule has 10 heteroatoms. The van der Waals surface area contributed by atoms with E-state index < -0.39 is 28.5 Å². The van der Waals surface area contributed by atoms with Gasteiger partial charge in [0.05, 0.1) is 26.2 Å². The number of amides is 1. The summed E-state index contributed by atoms with van der Waals surface area (Å²) in [5.41, 5.74) is 0.366. The van der Waals surface area contributed by atoms with Crippen molar-refractivity contribution in [1.82, 2.24) is 4.31 Å². The van der Waals surface area contributed by atoms with E-state index in [1.54, 1.807) is 18.2 Å². The summed E-state index contributed by atoms with van der Waals surface area (Å²) in [6.45, 7) is 0.446. The summed E-state index contributed by atoms with van der Waals surface area (Å²) in [7, 11) is -3.58. The average Bonchev–Trinajstić information content (AvgIpc) is 2.75. The lowest BCUT2D eigenvalue weighted by Crippen LogP contribution is -2.35. The smallest absolute Gasteiger partial charge is 0.338 e. The molecule has 1 heterocycles. The summed E-state index contributed by atoms with van der Waals surface area (Å²) in [5, 5.41) is 3.00. The molecule has 1 aliphatic rings. The number of nitrogens with one attached hydrogen (secondary N) is 1. The molecule has 1 aliphatic heterocycles. The van der Waals surface area contributed by atoms with Crippen LogP contribution in [-0.4, -0.2) is 44.3 Å². The Hall–Kier alpha value is -2.13. The van der Waals surface area contributed by atoms with E-state index in [0.717, 1.165) is 19.3 Å². The van der Waals surface area contributed by atoms with Crippen LogP contribution in [0.1, 0.15) is 29.6 Å². The molecule has 0 unspecified atom stereocenters. The molecule has 1 saturated heterocycles. The summed E-state index contributed by atoms with van der Waals surface area (Å²) in [6, 6.07) is 10.2. The van der Waals surface area contributed by atoms with Gasteiger partial charge in [0.1, 0.15) is 0 Å². The number of esters is 1. The van der Waals surface area contributed by atoms with Crippen molar-refractivity contribution in [2.24, 2.45) is 0 Å². The molecule has 0 spiro atoms. The number of halogens is 2. The van der Waals surface area contributed by atoms with Crippen LogP contribution in [0.2, 0.25) is 10.0 Å². The van der Waals surface area contributed by atoms with E-state index in [4.69, 9.17) is 27.9 Å². The zero-order valence-corrected chi connectivity index (χ0v) is 18.3. The van der Waals surface area contributed by atoms with Gasteiger partial charge in [-0.2, -0.15) is 4.31 Å². The number of hydrogen-bond donors (Lipinski definition) is 1. The van der Waals surface area contributed by atoms with Gasteiger partial charge in [0.25, 0.3) is 5.91 Å². The van der Waals surface area contributed by atoms with Crippen LogP contribution in [-0.2, 0) is 19.6 Å². The van der Waals surface area contributed by atoms with Gasteiger partial charge < -0.3 is 10.1 Å². The summed E-state index contributed by atoms with van der Waals surface area (Å²) in [6.07, 6.45) is 2.70. The molecule has 2 aromatic rings. The lowest BCUT2D eigenvalue weighted by atomic mass is 10.2. The average molecular weight is 471 g/mol. The fraction of sp³-hybridized carbons (Fsp3) is 0.300. The first-order valence-corrected chi connectivity index (χ1v) is 11.5. The van der Waals surface area contributed by atoms with Gasteiger partial charge in [-0.1, -0.05) is 35.7 Å². The molecule has 0 radical (unpaired) electrons. The molecule has 1 N–H and O–H groups in total. The predicted molar refractivity (Wildman–Crippen MR) is 114 cm³/mol. The van der Waals surface area contributed by atoms with E-state index >= 15 is 0 Å². The largest absolute Gasteiger partial charge is 0.452 e. The van der Waals surface area contributed by atoms with Crippen LogP contribution in [0.15, 0.2) is 47.4 Å². The number of hydrogen-bond acceptors (Lipinski definition) is 5. The number of benzene rings is 2. The fourth-order valence-corrected chi connectivity index (χ4v) is 5.03. The minimum atomic E-state index is -3.58. The van der Waals surface area contributed by atoms with E-state index in [1.807, 2.05) is 0 Å². The molecular formula is C20H20Cl2N2O5S. The van der Waals surface area contributed by atoms with Gasteiger partial charge in [0.2, 0.25) is 10.0 Å². The first-order valence-electron chi connectivity index (χ1n) is 9.30. The molecule has 3 rings (SSSR count). The first kappa shape index (κ1) is 22.6. The Labute approximate surface area is 185 Å². The number of nitrogens with zero attached hydrogens (tertiary/aromatic N) is 1. The minimum Gasteiger partial charge on any atom is -0.452 e. The normalized spacial score (nSPS) is 14.9. The molecule has 1 amide bonds. The number of ether oxygens (including phenoxy) is 1. The highest BCUT2D eigenvalue weighted by atomic mass is 35.5. The Balaban J connectivity index is 1.59. The van der Waals surface area contributed by atoms with Crippen molar-refractivity contribution in [3.05, 3.63) is 58.1 Å². The number of para-hydroxylation sites is 1. The molecule has 0 saturated carbocycles. The van der Waals surface area contributed by atoms with Crippen LogP contribution in [0.3, 0.4) is 0 Å². The lowest BCUT2D eigenvalue weighted by Gasteiger charge is -2.25. The second kappa shape index (κ2) is 9.78. The standard InChI is InChI=1S/C20H20Cl2N2O5S/c21-16-5-4-6-17(22)19(16)23-18(25)13-29-20(26)14-7-9-15(10-8-14)30(27,28)24-11-2-1-3-12-24/h4-10H,1-3,11-13H2,(H,23,25). The topological polar surface area (TPSA) is 92.8 Å². The number of sulfonamides is 1. The van der Waals surface area contributed by atoms with Crippen LogP contribution < -0.4 is 5.32 Å². The van der Waals surface area contributed by atoms with Crippen LogP contribution >= 0.6 is 23.2 Å². The van der Waals surface area contributed by atoms with E-state index in [0.29, 0.717) is 13.1 Å². The number of anilines is 1. The Kier molecular flexibility index (Phi) is 7.36. The molecule has 7 nitrogen and oxygen atoms in total. The lowest BCUT2D eigenvalue weighted by molar-refractivity contribution is -0.119. The molecule has 2 aromatic carbocycles. The molecule has 160 valence electrons. The second-order valence-corrected chi connectivity index (χ2v) is 9.46. The highest BCUT2D eigenvalue weighted by Gasteiger charge is 2.26. The molecule has 1 fully saturated rings. The number of piperidine rings is 1. The predicted octanol–water partition coefficient (Wildman–Crippen LogP) is 3.96. The highest BCUT2D eigenvalue weighted by molar-refractivity contribution is 7.89. The second-order valence-electron chi connectivity index (χ2n) is 6.71. The van der Waals surface area contributed by atoms with Gasteiger partial charge in [0.15, 0.2) is 6.61 Å². The maximum atomic E-state index is 12.6. The maximum Gasteiger partial charge on any atom is 0.338 e. The Bertz CT molecular complexity index is 1020. The van der Waals surface area contributed by atoms with Crippen LogP contribution in [0.5, 0.6) is 0 Å². The van der Waals surface area contributed by atoms with Crippen LogP contribution in [0.4, 0.5) is 5.69 Å². The third-order valence-corrected chi connectivity index (χ3v) is 7.15. The minimum absolute atomic E-state index is 0.118. The maximum absolute atomic E-state index is 12.6. The highest BCUT2D eigenvalue weighted by Crippen LogP contribution is 2.29. The van der Waals surface area contributed by atoms with Crippen molar-refractivity contribution in [1.29, 1.82) is 0 Å². The van der Waals surface area contributed by atoms with Gasteiger partial charge in [0, 0.05) is 13.1 Å². The molecule has 0 aliphatic carbocycles. The van der Waals surface area contributed by atoms with E-state index in [1.165, 1.54) is 28.6 Å². The monoisotopic (exact) mass is 470 g/mol. The van der Waals surface area contributed by atoms with Crippen molar-refractivity contribution in [2.45, 2.75) is 24.2 Å². The quantitative estimate of drug-likeness (QED) is 0.644. The van der Waals surface area contributed by atoms with Gasteiger partial charge in [-0.05, 0) is 49.2 Å². The molecule has 0 atom stereocenters. The van der Waals surface area contributed by atoms with Gasteiger partial charge in [-0.15, -0.1) is 0 Å². The first-order chi connectivity index (χ1) is 14.3. The Morgan fingerprint density at radius 2 is 1.57 bits per heavy atom. The number of carbonyl (C=O) groups is 2. The summed E-state index contributed by atoms with van der Waals surface area (Å²) < 4.78 is 31.7. The van der Waals surface area contributed by atoms with E-state index in [9.17, 15) is 18.0 Å². The van der Waals surface area contributed by atoms with Crippen LogP contribution in [0.25, 0.3) is 0 Å². The summed E-state index contributed by atoms with van der Waals surface area (Å²) >= 11 is 12.0. The van der Waals surface area contributed by atoms with Gasteiger partial charge >= 0.3 is 5.97 Å². The van der Waals surface area contributed by atoms with Crippen molar-refractivity contribution in [3.63, 3.8) is 0 Å². The van der Waals surface area contributed by atoms with Crippen molar-refractivity contribution in [2.75, 3.05) is 25.0 Å². The zero-order valence-electron chi connectivity index (χ0n) is 15.9. The summed E-state index contributed by atoms with van der Waals surface area (Å²) in [4.78, 5) is 24.3. The van der Waals surface area contributed by atoms with Crippen molar-refractivity contribution < 1.29 is 22.7 Å².